The van der Waals surface area contributed by atoms with E-state index in [2.05, 4.69) is 36.0 Å². The van der Waals surface area contributed by atoms with Gasteiger partial charge in [0.1, 0.15) is 0 Å². The number of nitrogens with one attached hydrogen (secondary N) is 2. The molecule has 0 atom stereocenters. The fourth-order valence-electron chi connectivity index (χ4n) is 1.92. The van der Waals surface area contributed by atoms with Gasteiger partial charge in [-0.15, -0.1) is 10.2 Å². The summed E-state index contributed by atoms with van der Waals surface area (Å²) in [5, 5.41) is 21.3. The summed E-state index contributed by atoms with van der Waals surface area (Å²) >= 11 is 1.41. The minimum absolute atomic E-state index is 0.160. The number of carbonyl (C=O) groups is 1. The monoisotopic (exact) mass is 344 g/mol. The molecule has 24 heavy (non-hydrogen) atoms. The highest BCUT2D eigenvalue weighted by Crippen LogP contribution is 2.17. The van der Waals surface area contributed by atoms with Gasteiger partial charge in [0.25, 0.3) is 0 Å². The van der Waals surface area contributed by atoms with E-state index in [4.69, 9.17) is 0 Å². The lowest BCUT2D eigenvalue weighted by molar-refractivity contribution is -0.115. The predicted octanol–water partition coefficient (Wildman–Crippen LogP) is 1.42. The Bertz CT molecular complexity index is 825. The molecule has 2 N–H and O–H groups in total. The number of H-pyrrole nitrogens is 1. The van der Waals surface area contributed by atoms with Crippen LogP contribution in [0.3, 0.4) is 0 Å². The largest absolute Gasteiger partial charge is 0.293 e. The third-order valence-electron chi connectivity index (χ3n) is 3.20. The summed E-state index contributed by atoms with van der Waals surface area (Å²) in [5.74, 6) is 1.28. The summed E-state index contributed by atoms with van der Waals surface area (Å²) in [6, 6.07) is 7.89. The molecule has 0 aliphatic heterocycles. The maximum absolute atomic E-state index is 11.9. The Morgan fingerprint density at radius 1 is 1.33 bits per heavy atom. The molecule has 0 spiro atoms. The number of anilines is 1. The number of carbonyl (C=O) groups excluding carboxylic acids is 1. The van der Waals surface area contributed by atoms with Crippen LogP contribution < -0.4 is 5.32 Å². The van der Waals surface area contributed by atoms with Crippen LogP contribution in [-0.2, 0) is 11.8 Å². The standard InChI is InChI=1S/C14H16N8OS/c1-9-3-5-10(6-4-9)12-16-13(18-17-12)15-11(23)7-8-24-14-19-20-21-22(14)2/h3-6H,7-8H2,1-2H3,(H2,15,16,17,18,23). The molecule has 0 bridgehead atoms. The summed E-state index contributed by atoms with van der Waals surface area (Å²) in [6.45, 7) is 2.02. The molecule has 3 rings (SSSR count). The number of amides is 1. The molecular formula is C14H16N8OS. The number of hydrogen-bond donors (Lipinski definition) is 2. The molecule has 0 aliphatic carbocycles. The lowest BCUT2D eigenvalue weighted by Crippen LogP contribution is -2.13. The zero-order chi connectivity index (χ0) is 16.9. The lowest BCUT2D eigenvalue weighted by atomic mass is 10.1. The third-order valence-corrected chi connectivity index (χ3v) is 4.22. The number of nitrogens with zero attached hydrogens (tertiary/aromatic N) is 6. The maximum Gasteiger partial charge on any atom is 0.249 e. The normalized spacial score (nSPS) is 10.8. The van der Waals surface area contributed by atoms with Gasteiger partial charge in [0.2, 0.25) is 17.0 Å². The maximum atomic E-state index is 11.9. The number of aromatic amines is 1. The molecule has 1 amide bonds. The number of hydrogen-bond acceptors (Lipinski definition) is 7. The number of rotatable bonds is 6. The van der Waals surface area contributed by atoms with Crippen molar-refractivity contribution in [2.24, 2.45) is 7.05 Å². The van der Waals surface area contributed by atoms with Gasteiger partial charge in [-0.2, -0.15) is 4.98 Å². The van der Waals surface area contributed by atoms with Gasteiger partial charge in [-0.05, 0) is 17.4 Å². The van der Waals surface area contributed by atoms with Gasteiger partial charge in [-0.3, -0.25) is 15.2 Å². The van der Waals surface area contributed by atoms with Gasteiger partial charge in [0.15, 0.2) is 5.82 Å². The first-order chi connectivity index (χ1) is 11.6. The van der Waals surface area contributed by atoms with Crippen molar-refractivity contribution in [2.45, 2.75) is 18.5 Å². The topological polar surface area (TPSA) is 114 Å². The Morgan fingerprint density at radius 2 is 2.12 bits per heavy atom. The summed E-state index contributed by atoms with van der Waals surface area (Å²) in [6.07, 6.45) is 0.311. The fourth-order valence-corrected chi connectivity index (χ4v) is 2.71. The van der Waals surface area contributed by atoms with Gasteiger partial charge in [-0.25, -0.2) is 4.68 Å². The van der Waals surface area contributed by atoms with Gasteiger partial charge in [0, 0.05) is 24.8 Å². The first-order valence-electron chi connectivity index (χ1n) is 7.26. The van der Waals surface area contributed by atoms with E-state index in [0.717, 1.165) is 5.56 Å². The second-order valence-electron chi connectivity index (χ2n) is 5.11. The molecule has 0 saturated carbocycles. The smallest absolute Gasteiger partial charge is 0.249 e. The van der Waals surface area contributed by atoms with Gasteiger partial charge in [-0.1, -0.05) is 41.6 Å². The van der Waals surface area contributed by atoms with Crippen LogP contribution in [0.15, 0.2) is 29.4 Å². The van der Waals surface area contributed by atoms with E-state index in [-0.39, 0.29) is 11.9 Å². The molecule has 0 saturated heterocycles. The van der Waals surface area contributed by atoms with E-state index in [1.54, 1.807) is 11.7 Å². The van der Waals surface area contributed by atoms with Crippen LogP contribution in [0.5, 0.6) is 0 Å². The Labute approximate surface area is 142 Å². The average molecular weight is 344 g/mol. The molecule has 3 aromatic rings. The molecule has 0 radical (unpaired) electrons. The molecule has 2 aromatic heterocycles. The third kappa shape index (κ3) is 3.96. The number of thioether (sulfide) groups is 1. The zero-order valence-corrected chi connectivity index (χ0v) is 14.0. The molecule has 2 heterocycles. The van der Waals surface area contributed by atoms with Gasteiger partial charge >= 0.3 is 0 Å². The number of aromatic nitrogens is 7. The van der Waals surface area contributed by atoms with E-state index in [1.807, 2.05) is 31.2 Å². The first-order valence-corrected chi connectivity index (χ1v) is 8.25. The lowest BCUT2D eigenvalue weighted by Gasteiger charge is -2.00. The van der Waals surface area contributed by atoms with Crippen LogP contribution in [0, 0.1) is 6.92 Å². The molecular weight excluding hydrogens is 328 g/mol. The average Bonchev–Trinajstić information content (AvgIpc) is 3.18. The molecule has 0 aliphatic rings. The molecule has 9 nitrogen and oxygen atoms in total. The summed E-state index contributed by atoms with van der Waals surface area (Å²) in [5.41, 5.74) is 2.08. The number of aryl methyl sites for hydroxylation is 2. The van der Waals surface area contributed by atoms with Crippen molar-refractivity contribution in [1.29, 1.82) is 0 Å². The molecule has 0 fully saturated rings. The van der Waals surface area contributed by atoms with Crippen molar-refractivity contribution < 1.29 is 4.79 Å². The Morgan fingerprint density at radius 3 is 2.83 bits per heavy atom. The molecule has 1 aromatic carbocycles. The van der Waals surface area contributed by atoms with Crippen molar-refractivity contribution in [3.8, 4) is 11.4 Å². The van der Waals surface area contributed by atoms with Crippen LogP contribution >= 0.6 is 11.8 Å². The molecule has 0 unspecified atom stereocenters. The van der Waals surface area contributed by atoms with Crippen molar-refractivity contribution in [2.75, 3.05) is 11.1 Å². The summed E-state index contributed by atoms with van der Waals surface area (Å²) in [4.78, 5) is 16.2. The van der Waals surface area contributed by atoms with Crippen LogP contribution in [0.1, 0.15) is 12.0 Å². The van der Waals surface area contributed by atoms with E-state index in [9.17, 15) is 4.79 Å². The highest BCUT2D eigenvalue weighted by atomic mass is 32.2. The van der Waals surface area contributed by atoms with Crippen LogP contribution in [-0.4, -0.2) is 47.0 Å². The van der Waals surface area contributed by atoms with E-state index < -0.39 is 0 Å². The second kappa shape index (κ2) is 7.21. The van der Waals surface area contributed by atoms with Crippen molar-refractivity contribution in [1.82, 2.24) is 35.4 Å². The molecule has 124 valence electrons. The first kappa shape index (κ1) is 16.1. The minimum atomic E-state index is -0.160. The van der Waals surface area contributed by atoms with Gasteiger partial charge in [0.05, 0.1) is 0 Å². The van der Waals surface area contributed by atoms with E-state index >= 15 is 0 Å². The Hall–Kier alpha value is -2.75. The summed E-state index contributed by atoms with van der Waals surface area (Å²) in [7, 11) is 1.75. The quantitative estimate of drug-likeness (QED) is 0.650. The van der Waals surface area contributed by atoms with Gasteiger partial charge < -0.3 is 0 Å². The highest BCUT2D eigenvalue weighted by molar-refractivity contribution is 7.99. The van der Waals surface area contributed by atoms with E-state index in [0.29, 0.717) is 23.2 Å². The Kier molecular flexibility index (Phi) is 4.85. The highest BCUT2D eigenvalue weighted by Gasteiger charge is 2.10. The number of tetrazole rings is 1. The van der Waals surface area contributed by atoms with Crippen LogP contribution in [0.2, 0.25) is 0 Å². The fraction of sp³-hybridized carbons (Fsp3) is 0.286. The SMILES string of the molecule is Cc1ccc(-c2nc(NC(=O)CCSc3nnnn3C)n[nH]2)cc1. The minimum Gasteiger partial charge on any atom is -0.293 e. The van der Waals surface area contributed by atoms with Crippen LogP contribution in [0.25, 0.3) is 11.4 Å². The van der Waals surface area contributed by atoms with Crippen molar-refractivity contribution >= 4 is 23.6 Å². The zero-order valence-electron chi connectivity index (χ0n) is 13.2. The molecule has 10 heteroatoms. The van der Waals surface area contributed by atoms with Crippen molar-refractivity contribution in [3.63, 3.8) is 0 Å². The summed E-state index contributed by atoms with van der Waals surface area (Å²) < 4.78 is 1.56. The Balaban J connectivity index is 1.51. The number of benzene rings is 1. The predicted molar refractivity (Wildman–Crippen MR) is 89.3 cm³/mol. The van der Waals surface area contributed by atoms with Crippen molar-refractivity contribution in [3.05, 3.63) is 29.8 Å². The second-order valence-corrected chi connectivity index (χ2v) is 6.17. The van der Waals surface area contributed by atoms with Crippen LogP contribution in [0.4, 0.5) is 5.95 Å². The van der Waals surface area contributed by atoms with E-state index in [1.165, 1.54) is 17.3 Å².